The highest BCUT2D eigenvalue weighted by Crippen LogP contribution is 2.48. The van der Waals surface area contributed by atoms with E-state index in [1.54, 1.807) is 66.7 Å². The zero-order chi connectivity index (χ0) is 43.7. The van der Waals surface area contributed by atoms with Crippen LogP contribution < -0.4 is 0 Å². The molecule has 0 saturated carbocycles. The minimum absolute atomic E-state index is 0.0485. The fourth-order valence-electron chi connectivity index (χ4n) is 6.12. The van der Waals surface area contributed by atoms with Gasteiger partial charge in [-0.25, -0.2) is 0 Å². The van der Waals surface area contributed by atoms with E-state index >= 15 is 0 Å². The number of hydrogen-bond donors (Lipinski definition) is 0. The molecule has 0 aliphatic rings. The van der Waals surface area contributed by atoms with E-state index in [-0.39, 0.29) is 78.2 Å². The second kappa shape index (κ2) is 10.4. The number of hydrogen-bond acceptors (Lipinski definition) is 1. The molecule has 45 heavy (non-hydrogen) atoms. The Morgan fingerprint density at radius 1 is 0.333 bits per heavy atom. The predicted molar refractivity (Wildman–Crippen MR) is 190 cm³/mol. The Morgan fingerprint density at radius 2 is 0.867 bits per heavy atom. The summed E-state index contributed by atoms with van der Waals surface area (Å²) in [6, 6.07) is 10.7. The van der Waals surface area contributed by atoms with Gasteiger partial charge in [0.15, 0.2) is 0 Å². The first-order chi connectivity index (χ1) is 29.0. The topological polar surface area (TPSA) is 13.1 Å². The van der Waals surface area contributed by atoms with Crippen LogP contribution in [0.1, 0.15) is 21.9 Å². The van der Waals surface area contributed by atoms with Gasteiger partial charge in [-0.2, -0.15) is 0 Å². The molecule has 0 unspecified atom stereocenters. The molecule has 0 saturated heterocycles. The largest absolute Gasteiger partial charge is 0.455 e. The van der Waals surface area contributed by atoms with Gasteiger partial charge in [-0.3, -0.25) is 0 Å². The summed E-state index contributed by atoms with van der Waals surface area (Å²) in [5.74, 6) is 0. The summed E-state index contributed by atoms with van der Waals surface area (Å²) in [4.78, 5) is 0. The Kier molecular flexibility index (Phi) is 3.28. The van der Waals surface area contributed by atoms with Crippen LogP contribution in [0.15, 0.2) is 174 Å². The van der Waals surface area contributed by atoms with Gasteiger partial charge in [0.1, 0.15) is 11.2 Å². The molecule has 8 aromatic carbocycles. The van der Waals surface area contributed by atoms with Crippen LogP contribution in [0.2, 0.25) is 0 Å². The molecule has 0 radical (unpaired) electrons. The smallest absolute Gasteiger partial charge is 0.143 e. The summed E-state index contributed by atoms with van der Waals surface area (Å²) in [5, 5.41) is 0.0876. The highest BCUT2D eigenvalue weighted by atomic mass is 16.3. The standard InChI is InChI=1S/C44H28O/c1-3-15-29(16-4-1)31-19-7-8-20-33(31)41-34-21-9-11-23-36(34)42(37-24-12-10-22-35(37)41)40-28-14-27-39-38-26-13-25-32(43(38)45-44(39)40)30-17-5-2-6-18-30/h1-28H/i2D,5D,6D,7D,8D,9D,10D,11D,12D,17D,19D,20D,21D,22D,23D,24D. The van der Waals surface area contributed by atoms with Crippen LogP contribution in [0.25, 0.3) is 88.0 Å². The fraction of sp³-hybridized carbons (Fsp3) is 0. The lowest BCUT2D eigenvalue weighted by Crippen LogP contribution is -1.92. The molecule has 210 valence electrons. The minimum atomic E-state index is -0.689. The van der Waals surface area contributed by atoms with E-state index in [4.69, 9.17) is 19.5 Å². The van der Waals surface area contributed by atoms with Crippen molar-refractivity contribution in [2.24, 2.45) is 0 Å². The molecule has 0 amide bonds. The zero-order valence-corrected chi connectivity index (χ0v) is 23.3. The van der Waals surface area contributed by atoms with Crippen molar-refractivity contribution >= 4 is 43.5 Å². The van der Waals surface area contributed by atoms with Gasteiger partial charge in [0.05, 0.1) is 21.9 Å². The first-order valence-electron chi connectivity index (χ1n) is 22.1. The van der Waals surface area contributed by atoms with Crippen molar-refractivity contribution in [1.29, 1.82) is 0 Å². The Labute approximate surface area is 284 Å². The van der Waals surface area contributed by atoms with E-state index in [0.717, 1.165) is 0 Å². The van der Waals surface area contributed by atoms with Crippen molar-refractivity contribution < 1.29 is 26.3 Å². The molecular weight excluding hydrogens is 544 g/mol. The summed E-state index contributed by atoms with van der Waals surface area (Å²) in [6.45, 7) is 0. The van der Waals surface area contributed by atoms with E-state index in [1.807, 2.05) is 0 Å². The monoisotopic (exact) mass is 588 g/mol. The Balaban J connectivity index is 1.55. The van der Waals surface area contributed by atoms with Crippen molar-refractivity contribution in [2.45, 2.75) is 0 Å². The molecule has 1 nitrogen and oxygen atoms in total. The number of benzene rings is 8. The van der Waals surface area contributed by atoms with Crippen LogP contribution in [0.5, 0.6) is 0 Å². The molecule has 1 heteroatoms. The molecule has 0 aliphatic carbocycles. The number of fused-ring (bicyclic) bond motifs is 5. The third kappa shape index (κ3) is 4.02. The molecule has 0 N–H and O–H groups in total. The molecule has 0 aliphatic heterocycles. The average Bonchev–Trinajstić information content (AvgIpc) is 3.66. The maximum Gasteiger partial charge on any atom is 0.143 e. The lowest BCUT2D eigenvalue weighted by molar-refractivity contribution is 0.671. The maximum absolute atomic E-state index is 9.47. The third-order valence-electron chi connectivity index (χ3n) is 8.01. The molecule has 0 bridgehead atoms. The summed E-state index contributed by atoms with van der Waals surface area (Å²) in [6.07, 6.45) is 0. The average molecular weight is 589 g/mol. The summed E-state index contributed by atoms with van der Waals surface area (Å²) < 4.78 is 149. The van der Waals surface area contributed by atoms with Crippen LogP contribution in [0.4, 0.5) is 0 Å². The van der Waals surface area contributed by atoms with Gasteiger partial charge in [-0.15, -0.1) is 0 Å². The minimum Gasteiger partial charge on any atom is -0.455 e. The maximum atomic E-state index is 9.47. The Morgan fingerprint density at radius 3 is 1.53 bits per heavy atom. The lowest BCUT2D eigenvalue weighted by Gasteiger charge is -2.19. The molecule has 0 spiro atoms. The number of furan rings is 1. The van der Waals surface area contributed by atoms with Gasteiger partial charge in [0.25, 0.3) is 0 Å². The van der Waals surface area contributed by atoms with Gasteiger partial charge < -0.3 is 4.42 Å². The van der Waals surface area contributed by atoms with Gasteiger partial charge >= 0.3 is 0 Å². The van der Waals surface area contributed by atoms with Crippen LogP contribution in [0, 0.1) is 0 Å². The second-order valence-electron chi connectivity index (χ2n) is 10.4. The molecule has 9 rings (SSSR count). The van der Waals surface area contributed by atoms with Crippen LogP contribution in [0.3, 0.4) is 0 Å². The molecule has 0 fully saturated rings. The van der Waals surface area contributed by atoms with Gasteiger partial charge in [0.2, 0.25) is 0 Å². The van der Waals surface area contributed by atoms with Crippen molar-refractivity contribution in [3.8, 4) is 44.5 Å². The van der Waals surface area contributed by atoms with E-state index in [0.29, 0.717) is 21.9 Å². The molecule has 1 aromatic heterocycles. The third-order valence-corrected chi connectivity index (χ3v) is 8.01. The van der Waals surface area contributed by atoms with Crippen LogP contribution >= 0.6 is 0 Å². The van der Waals surface area contributed by atoms with Crippen molar-refractivity contribution in [2.75, 3.05) is 0 Å². The predicted octanol–water partition coefficient (Wildman–Crippen LogP) is 12.6. The van der Waals surface area contributed by atoms with Gasteiger partial charge in [-0.1, -0.05) is 169 Å². The van der Waals surface area contributed by atoms with Crippen LogP contribution in [-0.4, -0.2) is 0 Å². The van der Waals surface area contributed by atoms with Crippen molar-refractivity contribution in [3.05, 3.63) is 169 Å². The molecular formula is C44H28O. The van der Waals surface area contributed by atoms with Crippen molar-refractivity contribution in [1.82, 2.24) is 0 Å². The number of para-hydroxylation sites is 2. The SMILES string of the molecule is [2H]c1cc(-c2cccc3c2oc2c(-c4c5c([2H])c([2H])c([2H])c([2H])c5c(-c5c([2H])c([2H])c([2H])c([2H])c5-c5ccccc5)c5c([2H])c([2H])c([2H])c([2H])c45)cccc23)c([2H])c([2H])c1[2H]. The zero-order valence-electron chi connectivity index (χ0n) is 39.3. The van der Waals surface area contributed by atoms with E-state index in [2.05, 4.69) is 0 Å². The van der Waals surface area contributed by atoms with E-state index in [9.17, 15) is 6.85 Å². The summed E-state index contributed by atoms with van der Waals surface area (Å²) >= 11 is 0. The Bertz CT molecular complexity index is 3350. The summed E-state index contributed by atoms with van der Waals surface area (Å²) in [7, 11) is 0. The van der Waals surface area contributed by atoms with Gasteiger partial charge in [-0.05, 0) is 49.4 Å². The quantitative estimate of drug-likeness (QED) is 0.186. The second-order valence-corrected chi connectivity index (χ2v) is 10.4. The van der Waals surface area contributed by atoms with Crippen LogP contribution in [-0.2, 0) is 0 Å². The fourth-order valence-corrected chi connectivity index (χ4v) is 6.12. The van der Waals surface area contributed by atoms with E-state index < -0.39 is 84.6 Å². The normalized spacial score (nSPS) is 16.5. The first-order valence-corrected chi connectivity index (χ1v) is 14.1. The lowest BCUT2D eigenvalue weighted by atomic mass is 9.83. The van der Waals surface area contributed by atoms with Crippen molar-refractivity contribution in [3.63, 3.8) is 0 Å². The molecule has 1 heterocycles. The molecule has 9 aromatic rings. The number of rotatable bonds is 4. The Hall–Kier alpha value is -5.92. The highest BCUT2D eigenvalue weighted by molar-refractivity contribution is 6.25. The summed E-state index contributed by atoms with van der Waals surface area (Å²) in [5.41, 5.74) is 0.741. The highest BCUT2D eigenvalue weighted by Gasteiger charge is 2.22. The molecule has 0 atom stereocenters. The van der Waals surface area contributed by atoms with E-state index in [1.165, 1.54) is 6.07 Å². The van der Waals surface area contributed by atoms with Gasteiger partial charge in [0, 0.05) is 27.5 Å². The first kappa shape index (κ1) is 14.2.